The zero-order chi connectivity index (χ0) is 13.1. The normalized spacial score (nSPS) is 12.4. The molecule has 2 aromatic rings. The van der Waals surface area contributed by atoms with Crippen molar-refractivity contribution in [3.05, 3.63) is 70.2 Å². The molecule has 0 amide bonds. The SMILES string of the molecule is CNC(c1ccc(Cl)cc1)c1c(F)cccc1F. The maximum absolute atomic E-state index is 13.7. The topological polar surface area (TPSA) is 12.0 Å². The highest BCUT2D eigenvalue weighted by molar-refractivity contribution is 6.30. The van der Waals surface area contributed by atoms with E-state index in [2.05, 4.69) is 5.32 Å². The van der Waals surface area contributed by atoms with Crippen molar-refractivity contribution in [2.75, 3.05) is 7.05 Å². The number of halogens is 3. The molecule has 0 saturated carbocycles. The Morgan fingerprint density at radius 3 is 2.06 bits per heavy atom. The molecule has 0 bridgehead atoms. The summed E-state index contributed by atoms with van der Waals surface area (Å²) in [7, 11) is 1.66. The van der Waals surface area contributed by atoms with Gasteiger partial charge in [0.2, 0.25) is 0 Å². The van der Waals surface area contributed by atoms with Crippen LogP contribution in [0.4, 0.5) is 8.78 Å². The molecule has 94 valence electrons. The fourth-order valence-corrected chi connectivity index (χ4v) is 2.05. The van der Waals surface area contributed by atoms with Gasteiger partial charge in [0.1, 0.15) is 11.6 Å². The van der Waals surface area contributed by atoms with E-state index in [0.717, 1.165) is 5.56 Å². The van der Waals surface area contributed by atoms with Crippen LogP contribution in [0, 0.1) is 11.6 Å². The standard InChI is InChI=1S/C14H12ClF2N/c1-18-14(9-5-7-10(15)8-6-9)13-11(16)3-2-4-12(13)17/h2-8,14,18H,1H3. The lowest BCUT2D eigenvalue weighted by Crippen LogP contribution is -2.20. The molecule has 0 aromatic heterocycles. The number of benzene rings is 2. The van der Waals surface area contributed by atoms with Gasteiger partial charge in [0.05, 0.1) is 6.04 Å². The highest BCUT2D eigenvalue weighted by Crippen LogP contribution is 2.27. The van der Waals surface area contributed by atoms with E-state index in [4.69, 9.17) is 11.6 Å². The molecule has 0 saturated heterocycles. The van der Waals surface area contributed by atoms with E-state index in [-0.39, 0.29) is 5.56 Å². The Hall–Kier alpha value is -1.45. The molecule has 4 heteroatoms. The van der Waals surface area contributed by atoms with Crippen LogP contribution in [0.3, 0.4) is 0 Å². The molecule has 0 aliphatic rings. The summed E-state index contributed by atoms with van der Waals surface area (Å²) in [5.74, 6) is -1.13. The minimum absolute atomic E-state index is 0.0160. The van der Waals surface area contributed by atoms with E-state index < -0.39 is 17.7 Å². The Bertz CT molecular complexity index is 520. The number of hydrogen-bond donors (Lipinski definition) is 1. The molecule has 1 N–H and O–H groups in total. The second-order valence-corrected chi connectivity index (χ2v) is 4.35. The first-order chi connectivity index (χ1) is 8.63. The molecule has 0 heterocycles. The van der Waals surface area contributed by atoms with E-state index in [9.17, 15) is 8.78 Å². The van der Waals surface area contributed by atoms with Crippen LogP contribution in [-0.2, 0) is 0 Å². The second-order valence-electron chi connectivity index (χ2n) is 3.91. The predicted molar refractivity (Wildman–Crippen MR) is 68.7 cm³/mol. The molecule has 2 rings (SSSR count). The smallest absolute Gasteiger partial charge is 0.131 e. The van der Waals surface area contributed by atoms with Crippen LogP contribution >= 0.6 is 11.6 Å². The Morgan fingerprint density at radius 1 is 1.00 bits per heavy atom. The molecule has 0 aliphatic carbocycles. The van der Waals surface area contributed by atoms with E-state index >= 15 is 0 Å². The van der Waals surface area contributed by atoms with Gasteiger partial charge in [-0.1, -0.05) is 29.8 Å². The average Bonchev–Trinajstić information content (AvgIpc) is 2.35. The summed E-state index contributed by atoms with van der Waals surface area (Å²) in [4.78, 5) is 0. The maximum atomic E-state index is 13.7. The third-order valence-corrected chi connectivity index (χ3v) is 3.03. The summed E-state index contributed by atoms with van der Waals surface area (Å²) in [5.41, 5.74) is 0.772. The molecular weight excluding hydrogens is 256 g/mol. The lowest BCUT2D eigenvalue weighted by atomic mass is 9.98. The average molecular weight is 268 g/mol. The van der Waals surface area contributed by atoms with Crippen LogP contribution in [0.2, 0.25) is 5.02 Å². The van der Waals surface area contributed by atoms with Gasteiger partial charge in [0.25, 0.3) is 0 Å². The third kappa shape index (κ3) is 2.52. The van der Waals surface area contributed by atoms with Gasteiger partial charge in [-0.05, 0) is 36.9 Å². The summed E-state index contributed by atoms with van der Waals surface area (Å²) in [6.45, 7) is 0. The first-order valence-electron chi connectivity index (χ1n) is 5.50. The molecule has 1 unspecified atom stereocenters. The monoisotopic (exact) mass is 267 g/mol. The minimum Gasteiger partial charge on any atom is -0.309 e. The first kappa shape index (κ1) is 13.0. The lowest BCUT2D eigenvalue weighted by Gasteiger charge is -2.18. The number of hydrogen-bond acceptors (Lipinski definition) is 1. The highest BCUT2D eigenvalue weighted by atomic mass is 35.5. The van der Waals surface area contributed by atoms with Crippen LogP contribution in [0.15, 0.2) is 42.5 Å². The Kier molecular flexibility index (Phi) is 3.94. The van der Waals surface area contributed by atoms with Crippen molar-refractivity contribution in [2.45, 2.75) is 6.04 Å². The Balaban J connectivity index is 2.48. The predicted octanol–water partition coefficient (Wildman–Crippen LogP) is 3.93. The van der Waals surface area contributed by atoms with Crippen molar-refractivity contribution in [3.8, 4) is 0 Å². The van der Waals surface area contributed by atoms with Gasteiger partial charge in [-0.2, -0.15) is 0 Å². The van der Waals surface area contributed by atoms with Gasteiger partial charge in [0.15, 0.2) is 0 Å². The zero-order valence-corrected chi connectivity index (χ0v) is 10.5. The fourth-order valence-electron chi connectivity index (χ4n) is 1.92. The van der Waals surface area contributed by atoms with Gasteiger partial charge >= 0.3 is 0 Å². The van der Waals surface area contributed by atoms with Crippen molar-refractivity contribution in [1.29, 1.82) is 0 Å². The summed E-state index contributed by atoms with van der Waals surface area (Å²) >= 11 is 5.80. The molecule has 18 heavy (non-hydrogen) atoms. The summed E-state index contributed by atoms with van der Waals surface area (Å²) in [5, 5.41) is 3.50. The zero-order valence-electron chi connectivity index (χ0n) is 9.75. The first-order valence-corrected chi connectivity index (χ1v) is 5.88. The molecule has 0 radical (unpaired) electrons. The van der Waals surface area contributed by atoms with Crippen molar-refractivity contribution in [1.82, 2.24) is 5.32 Å². The molecule has 0 aliphatic heterocycles. The molecule has 0 spiro atoms. The quantitative estimate of drug-likeness (QED) is 0.889. The number of rotatable bonds is 3. The van der Waals surface area contributed by atoms with Crippen LogP contribution in [0.5, 0.6) is 0 Å². The maximum Gasteiger partial charge on any atom is 0.131 e. The summed E-state index contributed by atoms with van der Waals surface area (Å²) < 4.78 is 27.5. The molecule has 1 atom stereocenters. The summed E-state index contributed by atoms with van der Waals surface area (Å²) in [6, 6.07) is 10.2. The van der Waals surface area contributed by atoms with Crippen molar-refractivity contribution in [2.24, 2.45) is 0 Å². The second kappa shape index (κ2) is 5.46. The van der Waals surface area contributed by atoms with Gasteiger partial charge in [-0.3, -0.25) is 0 Å². The fraction of sp³-hybridized carbons (Fsp3) is 0.143. The van der Waals surface area contributed by atoms with Gasteiger partial charge in [-0.15, -0.1) is 0 Å². The van der Waals surface area contributed by atoms with E-state index in [1.807, 2.05) is 0 Å². The molecule has 2 aromatic carbocycles. The lowest BCUT2D eigenvalue weighted by molar-refractivity contribution is 0.522. The van der Waals surface area contributed by atoms with Crippen LogP contribution < -0.4 is 5.32 Å². The van der Waals surface area contributed by atoms with Crippen molar-refractivity contribution in [3.63, 3.8) is 0 Å². The van der Waals surface area contributed by atoms with Gasteiger partial charge in [-0.25, -0.2) is 8.78 Å². The third-order valence-electron chi connectivity index (χ3n) is 2.78. The van der Waals surface area contributed by atoms with Crippen LogP contribution in [-0.4, -0.2) is 7.05 Å². The Morgan fingerprint density at radius 2 is 1.56 bits per heavy atom. The van der Waals surface area contributed by atoms with Gasteiger partial charge < -0.3 is 5.32 Å². The molecular formula is C14H12ClF2N. The van der Waals surface area contributed by atoms with Crippen molar-refractivity contribution < 1.29 is 8.78 Å². The van der Waals surface area contributed by atoms with Gasteiger partial charge in [0, 0.05) is 10.6 Å². The summed E-state index contributed by atoms with van der Waals surface area (Å²) in [6.07, 6.45) is 0. The minimum atomic E-state index is -0.565. The number of nitrogens with one attached hydrogen (secondary N) is 1. The van der Waals surface area contributed by atoms with E-state index in [1.54, 1.807) is 31.3 Å². The largest absolute Gasteiger partial charge is 0.309 e. The van der Waals surface area contributed by atoms with Crippen LogP contribution in [0.1, 0.15) is 17.2 Å². The molecule has 0 fully saturated rings. The van der Waals surface area contributed by atoms with E-state index in [0.29, 0.717) is 5.02 Å². The molecule has 1 nitrogen and oxygen atoms in total. The highest BCUT2D eigenvalue weighted by Gasteiger charge is 2.20. The van der Waals surface area contributed by atoms with E-state index in [1.165, 1.54) is 18.2 Å². The van der Waals surface area contributed by atoms with Crippen molar-refractivity contribution >= 4 is 11.6 Å². The Labute approximate surface area is 109 Å². The van der Waals surface area contributed by atoms with Crippen LogP contribution in [0.25, 0.3) is 0 Å².